The second-order valence-corrected chi connectivity index (χ2v) is 9.79. The van der Waals surface area contributed by atoms with Crippen molar-refractivity contribution >= 4 is 29.7 Å². The number of alkyl carbamates (subject to hydrolysis) is 1. The Morgan fingerprint density at radius 2 is 1.74 bits per heavy atom. The van der Waals surface area contributed by atoms with E-state index >= 15 is 0 Å². The molecule has 1 aliphatic carbocycles. The molecule has 2 aromatic carbocycles. The van der Waals surface area contributed by atoms with Crippen LogP contribution in [0.1, 0.15) is 24.0 Å². The van der Waals surface area contributed by atoms with E-state index in [9.17, 15) is 19.5 Å². The predicted octanol–water partition coefficient (Wildman–Crippen LogP) is 2.96. The van der Waals surface area contributed by atoms with E-state index in [2.05, 4.69) is 17.4 Å². The predicted molar refractivity (Wildman–Crippen MR) is 129 cm³/mol. The maximum Gasteiger partial charge on any atom is 0.408 e. The van der Waals surface area contributed by atoms with Gasteiger partial charge < -0.3 is 24.8 Å². The van der Waals surface area contributed by atoms with Gasteiger partial charge >= 0.3 is 12.1 Å². The summed E-state index contributed by atoms with van der Waals surface area (Å²) in [4.78, 5) is 39.2. The van der Waals surface area contributed by atoms with Crippen molar-refractivity contribution in [2.75, 3.05) is 38.4 Å². The Balaban J connectivity index is 1.47. The summed E-state index contributed by atoms with van der Waals surface area (Å²) >= 11 is 1.48. The number of nitrogens with zero attached hydrogens (tertiary/aromatic N) is 1. The molecule has 0 spiro atoms. The molecule has 2 amide bonds. The number of hydrogen-bond acceptors (Lipinski definition) is 6. The van der Waals surface area contributed by atoms with Gasteiger partial charge in [0.25, 0.3) is 5.91 Å². The number of carboxylic acids is 1. The molecule has 9 heteroatoms. The highest BCUT2D eigenvalue weighted by atomic mass is 32.2. The highest BCUT2D eigenvalue weighted by Gasteiger charge is 2.44. The lowest BCUT2D eigenvalue weighted by Crippen LogP contribution is -2.64. The van der Waals surface area contributed by atoms with Gasteiger partial charge in [-0.1, -0.05) is 48.5 Å². The summed E-state index contributed by atoms with van der Waals surface area (Å²) in [5.74, 6) is -0.756. The molecule has 1 heterocycles. The SMILES string of the molecule is COCC(C)(NC(=O)OCC1c2ccccc2-c2ccccc21)C(=O)N1CCSCC1C(=O)O. The Bertz CT molecular complexity index is 1050. The fraction of sp³-hybridized carbons (Fsp3) is 0.400. The molecule has 2 atom stereocenters. The fourth-order valence-corrected chi connectivity index (χ4v) is 5.71. The summed E-state index contributed by atoms with van der Waals surface area (Å²) in [6, 6.07) is 15.1. The van der Waals surface area contributed by atoms with Crippen LogP contribution in [0.4, 0.5) is 4.79 Å². The van der Waals surface area contributed by atoms with Crippen LogP contribution in [-0.4, -0.2) is 77.9 Å². The van der Waals surface area contributed by atoms with Crippen LogP contribution in [-0.2, 0) is 19.1 Å². The van der Waals surface area contributed by atoms with Crippen molar-refractivity contribution in [3.8, 4) is 11.1 Å². The van der Waals surface area contributed by atoms with E-state index in [4.69, 9.17) is 9.47 Å². The number of methoxy groups -OCH3 is 1. The van der Waals surface area contributed by atoms with Crippen LogP contribution in [0.5, 0.6) is 0 Å². The highest BCUT2D eigenvalue weighted by Crippen LogP contribution is 2.44. The molecule has 0 aromatic heterocycles. The van der Waals surface area contributed by atoms with Crippen molar-refractivity contribution in [1.29, 1.82) is 0 Å². The first-order valence-corrected chi connectivity index (χ1v) is 12.2. The van der Waals surface area contributed by atoms with E-state index in [1.54, 1.807) is 0 Å². The van der Waals surface area contributed by atoms with Gasteiger partial charge in [0.15, 0.2) is 0 Å². The average Bonchev–Trinajstić information content (AvgIpc) is 3.16. The van der Waals surface area contributed by atoms with Gasteiger partial charge in [-0.3, -0.25) is 4.79 Å². The molecule has 1 aliphatic heterocycles. The Morgan fingerprint density at radius 3 is 2.32 bits per heavy atom. The van der Waals surface area contributed by atoms with Crippen molar-refractivity contribution in [2.45, 2.75) is 24.4 Å². The lowest BCUT2D eigenvalue weighted by Gasteiger charge is -2.39. The second-order valence-electron chi connectivity index (χ2n) is 8.64. The minimum absolute atomic E-state index is 0.106. The number of aliphatic carboxylic acids is 1. The molecular weight excluding hydrogens is 456 g/mol. The van der Waals surface area contributed by atoms with Crippen LogP contribution in [0.15, 0.2) is 48.5 Å². The van der Waals surface area contributed by atoms with E-state index in [0.717, 1.165) is 22.3 Å². The van der Waals surface area contributed by atoms with E-state index in [0.29, 0.717) is 11.5 Å². The molecule has 2 unspecified atom stereocenters. The monoisotopic (exact) mass is 484 g/mol. The molecule has 2 aromatic rings. The summed E-state index contributed by atoms with van der Waals surface area (Å²) < 4.78 is 10.8. The van der Waals surface area contributed by atoms with Gasteiger partial charge in [-0.15, -0.1) is 0 Å². The maximum atomic E-state index is 13.4. The lowest BCUT2D eigenvalue weighted by molar-refractivity contribution is -0.153. The van der Waals surface area contributed by atoms with Gasteiger partial charge in [0.2, 0.25) is 0 Å². The molecule has 1 saturated heterocycles. The third-order valence-corrected chi connectivity index (χ3v) is 7.32. The molecule has 2 aliphatic rings. The Labute approximate surface area is 202 Å². The number of fused-ring (bicyclic) bond motifs is 3. The number of carboxylic acid groups (broad SMARTS) is 1. The quantitative estimate of drug-likeness (QED) is 0.623. The zero-order valence-electron chi connectivity index (χ0n) is 19.2. The van der Waals surface area contributed by atoms with Gasteiger partial charge in [0, 0.05) is 31.1 Å². The summed E-state index contributed by atoms with van der Waals surface area (Å²) in [6.45, 7) is 1.80. The van der Waals surface area contributed by atoms with Crippen molar-refractivity contribution in [1.82, 2.24) is 10.2 Å². The van der Waals surface area contributed by atoms with E-state index in [-0.39, 0.29) is 25.7 Å². The molecule has 0 saturated carbocycles. The minimum atomic E-state index is -1.47. The number of ether oxygens (including phenoxy) is 2. The molecule has 0 radical (unpaired) electrons. The summed E-state index contributed by atoms with van der Waals surface area (Å²) in [6.07, 6.45) is -0.756. The number of thioether (sulfide) groups is 1. The number of carbonyl (C=O) groups is 3. The number of carbonyl (C=O) groups excluding carboxylic acids is 2. The van der Waals surface area contributed by atoms with E-state index in [1.165, 1.54) is 30.7 Å². The molecule has 34 heavy (non-hydrogen) atoms. The topological polar surface area (TPSA) is 105 Å². The van der Waals surface area contributed by atoms with Crippen molar-refractivity contribution in [2.24, 2.45) is 0 Å². The summed E-state index contributed by atoms with van der Waals surface area (Å²) in [5.41, 5.74) is 2.95. The molecule has 1 fully saturated rings. The van der Waals surface area contributed by atoms with E-state index < -0.39 is 29.6 Å². The zero-order valence-corrected chi connectivity index (χ0v) is 20.0. The Kier molecular flexibility index (Phi) is 7.13. The first-order chi connectivity index (χ1) is 16.4. The lowest BCUT2D eigenvalue weighted by atomic mass is 9.98. The fourth-order valence-electron chi connectivity index (χ4n) is 4.67. The summed E-state index contributed by atoms with van der Waals surface area (Å²) in [7, 11) is 1.42. The van der Waals surface area contributed by atoms with Crippen LogP contribution >= 0.6 is 11.8 Å². The molecule has 2 N–H and O–H groups in total. The van der Waals surface area contributed by atoms with Crippen LogP contribution in [0.3, 0.4) is 0 Å². The average molecular weight is 485 g/mol. The smallest absolute Gasteiger partial charge is 0.408 e. The first-order valence-electron chi connectivity index (χ1n) is 11.1. The minimum Gasteiger partial charge on any atom is -0.480 e. The molecule has 180 valence electrons. The van der Waals surface area contributed by atoms with Crippen molar-refractivity contribution in [3.05, 3.63) is 59.7 Å². The van der Waals surface area contributed by atoms with Crippen LogP contribution in [0.25, 0.3) is 11.1 Å². The Hall–Kier alpha value is -3.04. The number of rotatable bonds is 7. The Morgan fingerprint density at radius 1 is 1.12 bits per heavy atom. The largest absolute Gasteiger partial charge is 0.480 e. The summed E-state index contributed by atoms with van der Waals surface area (Å²) in [5, 5.41) is 12.2. The molecular formula is C25H28N2O6S. The van der Waals surface area contributed by atoms with Crippen LogP contribution in [0.2, 0.25) is 0 Å². The molecule has 4 rings (SSSR count). The normalized spacial score (nSPS) is 19.0. The van der Waals surface area contributed by atoms with Gasteiger partial charge in [-0.25, -0.2) is 9.59 Å². The number of benzene rings is 2. The second kappa shape index (κ2) is 10.1. The maximum absolute atomic E-state index is 13.4. The number of nitrogens with one attached hydrogen (secondary N) is 1. The highest BCUT2D eigenvalue weighted by molar-refractivity contribution is 7.99. The number of hydrogen-bond donors (Lipinski definition) is 2. The zero-order chi connectivity index (χ0) is 24.3. The van der Waals surface area contributed by atoms with Gasteiger partial charge in [0.05, 0.1) is 6.61 Å². The van der Waals surface area contributed by atoms with Gasteiger partial charge in [-0.2, -0.15) is 11.8 Å². The molecule has 8 nitrogen and oxygen atoms in total. The third-order valence-electron chi connectivity index (χ3n) is 6.30. The van der Waals surface area contributed by atoms with Crippen LogP contribution < -0.4 is 5.32 Å². The molecule has 0 bridgehead atoms. The third kappa shape index (κ3) is 4.63. The standard InChI is InChI=1S/C25H28N2O6S/c1-25(15-32-2,23(30)27-11-12-34-14-21(27)22(28)29)26-24(31)33-13-20-18-9-5-3-7-16(18)17-8-4-6-10-19(17)20/h3-10,20-21H,11-15H2,1-2H3,(H,26,31)(H,28,29). The van der Waals surface area contributed by atoms with E-state index in [1.807, 2.05) is 36.4 Å². The van der Waals surface area contributed by atoms with Gasteiger partial charge in [0.1, 0.15) is 18.2 Å². The van der Waals surface area contributed by atoms with Crippen molar-refractivity contribution < 1.29 is 29.0 Å². The van der Waals surface area contributed by atoms with Crippen LogP contribution in [0, 0.1) is 0 Å². The first kappa shape index (κ1) is 24.1. The van der Waals surface area contributed by atoms with Gasteiger partial charge in [-0.05, 0) is 29.2 Å². The van der Waals surface area contributed by atoms with Crippen molar-refractivity contribution in [3.63, 3.8) is 0 Å². The number of amides is 2.